The molecule has 2 N–H and O–H groups in total. The third kappa shape index (κ3) is 3.60. The number of benzene rings is 2. The Morgan fingerprint density at radius 1 is 1.00 bits per heavy atom. The molecule has 0 saturated carbocycles. The molecule has 3 nitrogen and oxygen atoms in total. The summed E-state index contributed by atoms with van der Waals surface area (Å²) in [6.07, 6.45) is 2.33. The van der Waals surface area contributed by atoms with Crippen LogP contribution in [0.25, 0.3) is 10.9 Å². The second kappa shape index (κ2) is 7.43. The van der Waals surface area contributed by atoms with Crippen LogP contribution in [0, 0.1) is 25.5 Å². The lowest BCUT2D eigenvalue weighted by Crippen LogP contribution is -2.16. The molecule has 0 aliphatic carbocycles. The molecule has 0 saturated heterocycles. The number of rotatable bonds is 5. The number of hydrogen-bond donors (Lipinski definition) is 2. The Balaban J connectivity index is 1.78. The van der Waals surface area contributed by atoms with E-state index in [1.165, 1.54) is 29.8 Å². The van der Waals surface area contributed by atoms with Crippen LogP contribution < -0.4 is 5.32 Å². The van der Waals surface area contributed by atoms with E-state index in [9.17, 15) is 8.78 Å². The third-order valence-corrected chi connectivity index (χ3v) is 5.10. The van der Waals surface area contributed by atoms with Gasteiger partial charge in [-0.25, -0.2) is 8.78 Å². The average Bonchev–Trinajstić information content (AvgIpc) is 2.97. The smallest absolute Gasteiger partial charge is 0.123 e. The molecule has 2 heterocycles. The highest BCUT2D eigenvalue weighted by molar-refractivity contribution is 5.86. The Bertz CT molecular complexity index is 1120. The van der Waals surface area contributed by atoms with Crippen LogP contribution in [0.1, 0.15) is 28.6 Å². The maximum absolute atomic E-state index is 13.7. The molecule has 0 fully saturated rings. The zero-order chi connectivity index (χ0) is 19.7. The molecule has 4 aromatic rings. The van der Waals surface area contributed by atoms with E-state index in [-0.39, 0.29) is 17.7 Å². The highest BCUT2D eigenvalue weighted by Gasteiger charge is 2.19. The largest absolute Gasteiger partial charge is 0.376 e. The second-order valence-electron chi connectivity index (χ2n) is 7.03. The van der Waals surface area contributed by atoms with Crippen LogP contribution in [0.15, 0.2) is 60.8 Å². The number of nitrogens with zero attached hydrogens (tertiary/aromatic N) is 1. The summed E-state index contributed by atoms with van der Waals surface area (Å²) in [5.41, 5.74) is 5.73. The van der Waals surface area contributed by atoms with Gasteiger partial charge in [0.25, 0.3) is 0 Å². The Kier molecular flexibility index (Phi) is 4.82. The van der Waals surface area contributed by atoms with Gasteiger partial charge >= 0.3 is 0 Å². The maximum Gasteiger partial charge on any atom is 0.123 e. The number of aromatic nitrogens is 2. The summed E-state index contributed by atoms with van der Waals surface area (Å²) in [5, 5.41) is 4.56. The summed E-state index contributed by atoms with van der Waals surface area (Å²) in [4.78, 5) is 8.06. The molecule has 0 aliphatic rings. The Labute approximate surface area is 162 Å². The summed E-state index contributed by atoms with van der Waals surface area (Å²) >= 11 is 0. The van der Waals surface area contributed by atoms with Crippen molar-refractivity contribution in [2.45, 2.75) is 26.3 Å². The summed E-state index contributed by atoms with van der Waals surface area (Å²) in [5.74, 6) is -0.557. The van der Waals surface area contributed by atoms with Crippen molar-refractivity contribution < 1.29 is 8.78 Å². The minimum Gasteiger partial charge on any atom is -0.376 e. The fraction of sp³-hybridized carbons (Fsp3) is 0.174. The van der Waals surface area contributed by atoms with E-state index in [0.29, 0.717) is 6.42 Å². The number of aryl methyl sites for hydroxylation is 2. The Morgan fingerprint density at radius 2 is 1.79 bits per heavy atom. The summed E-state index contributed by atoms with van der Waals surface area (Å²) in [7, 11) is 0. The van der Waals surface area contributed by atoms with Gasteiger partial charge in [0.1, 0.15) is 11.6 Å². The molecule has 0 radical (unpaired) electrons. The number of fused-ring (bicyclic) bond motifs is 1. The standard InChI is InChI=1S/C23H21F2N3/c1-14-15(2)27-22-20(14)10-11-26-23(22)21(13-16-4-3-5-18(25)12-16)28-19-8-6-17(24)7-9-19/h3-12,21,27-28H,13H2,1-2H3. The predicted molar refractivity (Wildman–Crippen MR) is 108 cm³/mol. The van der Waals surface area contributed by atoms with E-state index in [4.69, 9.17) is 0 Å². The molecule has 28 heavy (non-hydrogen) atoms. The highest BCUT2D eigenvalue weighted by Crippen LogP contribution is 2.30. The molecule has 0 aliphatic heterocycles. The first-order valence-electron chi connectivity index (χ1n) is 9.21. The van der Waals surface area contributed by atoms with Crippen LogP contribution in [-0.4, -0.2) is 9.97 Å². The molecular weight excluding hydrogens is 356 g/mol. The summed E-state index contributed by atoms with van der Waals surface area (Å²) in [6, 6.07) is 14.6. The molecule has 2 aromatic carbocycles. The van der Waals surface area contributed by atoms with Crippen LogP contribution in [0.2, 0.25) is 0 Å². The molecule has 4 rings (SSSR count). The van der Waals surface area contributed by atoms with E-state index < -0.39 is 0 Å². The van der Waals surface area contributed by atoms with E-state index in [0.717, 1.165) is 33.5 Å². The van der Waals surface area contributed by atoms with E-state index in [2.05, 4.69) is 22.2 Å². The van der Waals surface area contributed by atoms with Gasteiger partial charge in [0.15, 0.2) is 0 Å². The molecule has 0 amide bonds. The van der Waals surface area contributed by atoms with E-state index >= 15 is 0 Å². The SMILES string of the molecule is Cc1[nH]c2c(C(Cc3cccc(F)c3)Nc3ccc(F)cc3)nccc2c1C. The lowest BCUT2D eigenvalue weighted by Gasteiger charge is -2.20. The van der Waals surface area contributed by atoms with Crippen molar-refractivity contribution in [2.75, 3.05) is 5.32 Å². The van der Waals surface area contributed by atoms with Gasteiger partial charge < -0.3 is 10.3 Å². The normalized spacial score (nSPS) is 12.3. The third-order valence-electron chi connectivity index (χ3n) is 5.10. The Morgan fingerprint density at radius 3 is 2.54 bits per heavy atom. The molecule has 5 heteroatoms. The second-order valence-corrected chi connectivity index (χ2v) is 7.03. The molecule has 1 atom stereocenters. The van der Waals surface area contributed by atoms with Gasteiger partial charge in [-0.05, 0) is 73.9 Å². The topological polar surface area (TPSA) is 40.7 Å². The molecular formula is C23H21F2N3. The van der Waals surface area contributed by atoms with Crippen molar-refractivity contribution in [3.63, 3.8) is 0 Å². The number of anilines is 1. The van der Waals surface area contributed by atoms with Crippen molar-refractivity contribution in [3.05, 3.63) is 94.9 Å². The number of H-pyrrole nitrogens is 1. The quantitative estimate of drug-likeness (QED) is 0.458. The number of pyridine rings is 1. The summed E-state index contributed by atoms with van der Waals surface area (Å²) < 4.78 is 27.0. The zero-order valence-corrected chi connectivity index (χ0v) is 15.8. The fourth-order valence-electron chi connectivity index (χ4n) is 3.53. The van der Waals surface area contributed by atoms with Crippen LogP contribution in [0.3, 0.4) is 0 Å². The highest BCUT2D eigenvalue weighted by atomic mass is 19.1. The van der Waals surface area contributed by atoms with Gasteiger partial charge in [0, 0.05) is 23.0 Å². The van der Waals surface area contributed by atoms with Crippen molar-refractivity contribution in [1.82, 2.24) is 9.97 Å². The van der Waals surface area contributed by atoms with Gasteiger partial charge in [-0.15, -0.1) is 0 Å². The van der Waals surface area contributed by atoms with Gasteiger partial charge in [-0.2, -0.15) is 0 Å². The maximum atomic E-state index is 13.7. The van der Waals surface area contributed by atoms with Crippen molar-refractivity contribution in [3.8, 4) is 0 Å². The fourth-order valence-corrected chi connectivity index (χ4v) is 3.53. The van der Waals surface area contributed by atoms with Crippen LogP contribution in [0.5, 0.6) is 0 Å². The first-order chi connectivity index (χ1) is 13.5. The van der Waals surface area contributed by atoms with Crippen LogP contribution in [0.4, 0.5) is 14.5 Å². The van der Waals surface area contributed by atoms with Crippen molar-refractivity contribution in [1.29, 1.82) is 0 Å². The van der Waals surface area contributed by atoms with Gasteiger partial charge in [-0.1, -0.05) is 12.1 Å². The molecule has 0 spiro atoms. The van der Waals surface area contributed by atoms with Crippen LogP contribution in [-0.2, 0) is 6.42 Å². The molecule has 142 valence electrons. The molecule has 2 aromatic heterocycles. The monoisotopic (exact) mass is 377 g/mol. The first kappa shape index (κ1) is 18.2. The van der Waals surface area contributed by atoms with Crippen molar-refractivity contribution >= 4 is 16.6 Å². The lowest BCUT2D eigenvalue weighted by atomic mass is 10.0. The van der Waals surface area contributed by atoms with Gasteiger partial charge in [-0.3, -0.25) is 4.98 Å². The minimum absolute atomic E-state index is 0.214. The predicted octanol–water partition coefficient (Wildman–Crippen LogP) is 5.85. The summed E-state index contributed by atoms with van der Waals surface area (Å²) in [6.45, 7) is 4.11. The minimum atomic E-state index is -0.289. The lowest BCUT2D eigenvalue weighted by molar-refractivity contribution is 0.622. The number of aromatic amines is 1. The zero-order valence-electron chi connectivity index (χ0n) is 15.8. The van der Waals surface area contributed by atoms with Gasteiger partial charge in [0.05, 0.1) is 17.3 Å². The van der Waals surface area contributed by atoms with Gasteiger partial charge in [0.2, 0.25) is 0 Å². The molecule has 0 bridgehead atoms. The van der Waals surface area contributed by atoms with E-state index in [1.54, 1.807) is 24.4 Å². The van der Waals surface area contributed by atoms with Crippen molar-refractivity contribution in [2.24, 2.45) is 0 Å². The van der Waals surface area contributed by atoms with Crippen LogP contribution >= 0.6 is 0 Å². The van der Waals surface area contributed by atoms with E-state index in [1.807, 2.05) is 19.1 Å². The molecule has 1 unspecified atom stereocenters. The number of halogens is 2. The number of nitrogens with one attached hydrogen (secondary N) is 2. The first-order valence-corrected chi connectivity index (χ1v) is 9.21. The number of hydrogen-bond acceptors (Lipinski definition) is 2. The Hall–Kier alpha value is -3.21. The average molecular weight is 377 g/mol.